The van der Waals surface area contributed by atoms with Crippen molar-refractivity contribution in [2.75, 3.05) is 25.0 Å². The third-order valence-electron chi connectivity index (χ3n) is 6.87. The predicted octanol–water partition coefficient (Wildman–Crippen LogP) is 5.44. The molecule has 4 amide bonds. The van der Waals surface area contributed by atoms with E-state index in [-0.39, 0.29) is 12.6 Å². The van der Waals surface area contributed by atoms with E-state index in [0.29, 0.717) is 37.3 Å². The van der Waals surface area contributed by atoms with E-state index in [1.165, 1.54) is 11.8 Å². The van der Waals surface area contributed by atoms with Gasteiger partial charge in [-0.3, -0.25) is 4.90 Å². The predicted molar refractivity (Wildman–Crippen MR) is 147 cm³/mol. The zero-order chi connectivity index (χ0) is 27.1. The second-order valence-electron chi connectivity index (χ2n) is 9.58. The van der Waals surface area contributed by atoms with Crippen LogP contribution in [-0.2, 0) is 11.3 Å². The largest absolute Gasteiger partial charge is 0.480 e. The highest BCUT2D eigenvalue weighted by atomic mass is 16.4. The Kier molecular flexibility index (Phi) is 8.63. The molecule has 4 rings (SSSR count). The number of hydrogen-bond donors (Lipinski definition) is 1. The molecule has 1 aliphatic rings. The van der Waals surface area contributed by atoms with Gasteiger partial charge in [0.15, 0.2) is 0 Å². The van der Waals surface area contributed by atoms with Gasteiger partial charge in [0.25, 0.3) is 0 Å². The molecule has 198 valence electrons. The Morgan fingerprint density at radius 2 is 1.42 bits per heavy atom. The zero-order valence-corrected chi connectivity index (χ0v) is 21.8. The van der Waals surface area contributed by atoms with E-state index in [0.717, 1.165) is 5.56 Å². The Labute approximate surface area is 223 Å². The number of piperidine rings is 1. The smallest absolute Gasteiger partial charge is 0.330 e. The van der Waals surface area contributed by atoms with Crippen LogP contribution < -0.4 is 4.90 Å². The molecular formula is C30H34N4O4. The fraction of sp³-hybridized carbons (Fsp3) is 0.300. The first-order valence-corrected chi connectivity index (χ1v) is 12.9. The normalized spacial score (nSPS) is 15.8. The van der Waals surface area contributed by atoms with Crippen LogP contribution in [0.1, 0.15) is 25.3 Å². The van der Waals surface area contributed by atoms with Crippen LogP contribution in [0.4, 0.5) is 21.0 Å². The number of carboxylic acid groups (broad SMARTS) is 1. The van der Waals surface area contributed by atoms with Gasteiger partial charge in [-0.1, -0.05) is 66.7 Å². The Bertz CT molecular complexity index is 1180. The lowest BCUT2D eigenvalue weighted by Crippen LogP contribution is -2.59. The molecule has 3 aromatic rings. The molecule has 0 unspecified atom stereocenters. The van der Waals surface area contributed by atoms with Gasteiger partial charge in [0.1, 0.15) is 6.04 Å². The lowest BCUT2D eigenvalue weighted by atomic mass is 10.0. The molecule has 38 heavy (non-hydrogen) atoms. The molecule has 1 heterocycles. The van der Waals surface area contributed by atoms with Crippen molar-refractivity contribution in [1.29, 1.82) is 0 Å². The molecule has 0 aliphatic carbocycles. The summed E-state index contributed by atoms with van der Waals surface area (Å²) >= 11 is 0. The van der Waals surface area contributed by atoms with Crippen LogP contribution in [0, 0.1) is 0 Å². The van der Waals surface area contributed by atoms with Crippen molar-refractivity contribution in [3.05, 3.63) is 96.6 Å². The molecule has 1 N–H and O–H groups in total. The standard InChI is InChI=1S/C30H34N4O4/c1-23(28(35)36)33(30(38)34(25-15-8-4-9-16-25)26-17-10-5-11-18-26)27-19-12-20-32(22-27)29(37)31(2)21-24-13-6-3-7-14-24/h3-11,13-18,23,27H,12,19-22H2,1-2H3,(H,35,36)/t23-,27+/m0/s1. The van der Waals surface area contributed by atoms with Crippen LogP contribution in [0.25, 0.3) is 0 Å². The lowest BCUT2D eigenvalue weighted by Gasteiger charge is -2.43. The molecular weight excluding hydrogens is 480 g/mol. The van der Waals surface area contributed by atoms with Gasteiger partial charge in [-0.15, -0.1) is 0 Å². The summed E-state index contributed by atoms with van der Waals surface area (Å²) in [7, 11) is 1.76. The highest BCUT2D eigenvalue weighted by Crippen LogP contribution is 2.30. The number of carboxylic acids is 1. The third-order valence-corrected chi connectivity index (χ3v) is 6.87. The maximum Gasteiger partial charge on any atom is 0.330 e. The fourth-order valence-electron chi connectivity index (χ4n) is 4.92. The van der Waals surface area contributed by atoms with Crippen LogP contribution in [0.3, 0.4) is 0 Å². The quantitative estimate of drug-likeness (QED) is 0.455. The van der Waals surface area contributed by atoms with E-state index in [4.69, 9.17) is 0 Å². The van der Waals surface area contributed by atoms with E-state index in [2.05, 4.69) is 0 Å². The van der Waals surface area contributed by atoms with Crippen LogP contribution in [0.2, 0.25) is 0 Å². The summed E-state index contributed by atoms with van der Waals surface area (Å²) in [6.07, 6.45) is 1.27. The van der Waals surface area contributed by atoms with E-state index >= 15 is 0 Å². The number of rotatable bonds is 7. The number of benzene rings is 3. The number of anilines is 2. The van der Waals surface area contributed by atoms with Crippen molar-refractivity contribution < 1.29 is 19.5 Å². The topological polar surface area (TPSA) is 84.4 Å². The number of likely N-dealkylation sites (tertiary alicyclic amines) is 1. The first-order valence-electron chi connectivity index (χ1n) is 12.9. The summed E-state index contributed by atoms with van der Waals surface area (Å²) in [5.41, 5.74) is 2.30. The molecule has 1 saturated heterocycles. The van der Waals surface area contributed by atoms with Crippen LogP contribution in [-0.4, -0.2) is 70.1 Å². The summed E-state index contributed by atoms with van der Waals surface area (Å²) in [6.45, 7) is 2.80. The van der Waals surface area contributed by atoms with Gasteiger partial charge in [0.05, 0.1) is 17.4 Å². The Balaban J connectivity index is 1.61. The summed E-state index contributed by atoms with van der Waals surface area (Å²) in [4.78, 5) is 46.1. The molecule has 0 aromatic heterocycles. The second kappa shape index (κ2) is 12.3. The molecule has 0 radical (unpaired) electrons. The van der Waals surface area contributed by atoms with E-state index in [9.17, 15) is 19.5 Å². The zero-order valence-electron chi connectivity index (χ0n) is 21.8. The van der Waals surface area contributed by atoms with Crippen molar-refractivity contribution in [2.45, 2.75) is 38.4 Å². The number of carbonyl (C=O) groups excluding carboxylic acids is 2. The molecule has 0 saturated carbocycles. The summed E-state index contributed by atoms with van der Waals surface area (Å²) < 4.78 is 0. The van der Waals surface area contributed by atoms with Gasteiger partial charge in [0.2, 0.25) is 0 Å². The summed E-state index contributed by atoms with van der Waals surface area (Å²) in [6, 6.07) is 26.0. The van der Waals surface area contributed by atoms with E-state index in [1.54, 1.807) is 21.7 Å². The third kappa shape index (κ3) is 6.14. The minimum Gasteiger partial charge on any atom is -0.480 e. The van der Waals surface area contributed by atoms with Gasteiger partial charge in [-0.25, -0.2) is 14.4 Å². The number of nitrogens with zero attached hydrogens (tertiary/aromatic N) is 4. The molecule has 8 nitrogen and oxygen atoms in total. The van der Waals surface area contributed by atoms with E-state index in [1.807, 2.05) is 91.0 Å². The summed E-state index contributed by atoms with van der Waals surface area (Å²) in [5.74, 6) is -1.09. The molecule has 2 atom stereocenters. The van der Waals surface area contributed by atoms with Crippen molar-refractivity contribution >= 4 is 29.4 Å². The van der Waals surface area contributed by atoms with E-state index < -0.39 is 24.1 Å². The van der Waals surface area contributed by atoms with Gasteiger partial charge >= 0.3 is 18.0 Å². The minimum absolute atomic E-state index is 0.142. The van der Waals surface area contributed by atoms with Crippen molar-refractivity contribution in [3.8, 4) is 0 Å². The van der Waals surface area contributed by atoms with Crippen molar-refractivity contribution in [2.24, 2.45) is 0 Å². The maximum atomic E-state index is 14.2. The lowest BCUT2D eigenvalue weighted by molar-refractivity contribution is -0.142. The highest BCUT2D eigenvalue weighted by Gasteiger charge is 2.39. The monoisotopic (exact) mass is 514 g/mol. The number of para-hydroxylation sites is 2. The molecule has 0 bridgehead atoms. The van der Waals surface area contributed by atoms with Gasteiger partial charge in [-0.05, 0) is 49.6 Å². The Morgan fingerprint density at radius 3 is 1.95 bits per heavy atom. The Morgan fingerprint density at radius 1 is 0.895 bits per heavy atom. The minimum atomic E-state index is -1.09. The summed E-state index contributed by atoms with van der Waals surface area (Å²) in [5, 5.41) is 9.98. The first-order chi connectivity index (χ1) is 18.4. The maximum absolute atomic E-state index is 14.2. The van der Waals surface area contributed by atoms with Crippen LogP contribution in [0.15, 0.2) is 91.0 Å². The highest BCUT2D eigenvalue weighted by molar-refractivity contribution is 6.01. The van der Waals surface area contributed by atoms with Crippen LogP contribution in [0.5, 0.6) is 0 Å². The van der Waals surface area contributed by atoms with Crippen LogP contribution >= 0.6 is 0 Å². The Hall–Kier alpha value is -4.33. The average molecular weight is 515 g/mol. The van der Waals surface area contributed by atoms with Gasteiger partial charge in [0, 0.05) is 26.7 Å². The second-order valence-corrected chi connectivity index (χ2v) is 9.58. The number of hydrogen-bond acceptors (Lipinski definition) is 3. The molecule has 1 fully saturated rings. The number of aliphatic carboxylic acids is 1. The van der Waals surface area contributed by atoms with Gasteiger partial charge < -0.3 is 19.8 Å². The molecule has 0 spiro atoms. The molecule has 1 aliphatic heterocycles. The van der Waals surface area contributed by atoms with Gasteiger partial charge in [-0.2, -0.15) is 0 Å². The number of urea groups is 2. The molecule has 3 aromatic carbocycles. The first kappa shape index (κ1) is 26.7. The SMILES string of the molecule is C[C@@H](C(=O)O)N(C(=O)N(c1ccccc1)c1ccccc1)[C@@H]1CCCN(C(=O)N(C)Cc2ccccc2)C1. The average Bonchev–Trinajstić information content (AvgIpc) is 2.94. The fourth-order valence-corrected chi connectivity index (χ4v) is 4.92. The number of amides is 4. The number of carbonyl (C=O) groups is 3. The van der Waals surface area contributed by atoms with Crippen molar-refractivity contribution in [3.63, 3.8) is 0 Å². The van der Waals surface area contributed by atoms with Crippen molar-refractivity contribution in [1.82, 2.24) is 14.7 Å². The molecule has 8 heteroatoms.